The van der Waals surface area contributed by atoms with Crippen molar-refractivity contribution < 1.29 is 19.4 Å². The van der Waals surface area contributed by atoms with Gasteiger partial charge >= 0.3 is 5.97 Å². The van der Waals surface area contributed by atoms with Gasteiger partial charge in [0.2, 0.25) is 5.91 Å². The number of nitrogens with one attached hydrogen (secondary N) is 1. The van der Waals surface area contributed by atoms with Gasteiger partial charge in [-0.05, 0) is 31.0 Å². The van der Waals surface area contributed by atoms with Gasteiger partial charge in [0, 0.05) is 17.1 Å². The number of hydrogen-bond acceptors (Lipinski definition) is 3. The molecule has 1 amide bonds. The van der Waals surface area contributed by atoms with Crippen LogP contribution in [-0.2, 0) is 16.0 Å². The second-order valence-corrected chi connectivity index (χ2v) is 5.30. The van der Waals surface area contributed by atoms with Gasteiger partial charge in [0.25, 0.3) is 0 Å². The molecule has 1 rings (SSSR count). The van der Waals surface area contributed by atoms with Gasteiger partial charge < -0.3 is 15.2 Å². The van der Waals surface area contributed by atoms with Gasteiger partial charge in [-0.15, -0.1) is 0 Å². The highest BCUT2D eigenvalue weighted by Crippen LogP contribution is 2.22. The Labute approximate surface area is 129 Å². The number of hydrogen-bond donors (Lipinski definition) is 2. The highest BCUT2D eigenvalue weighted by molar-refractivity contribution is 6.30. The molecule has 1 aromatic carbocycles. The molecule has 0 radical (unpaired) electrons. The number of carbonyl (C=O) groups excluding carboxylic acids is 1. The van der Waals surface area contributed by atoms with Crippen LogP contribution < -0.4 is 10.1 Å². The second-order valence-electron chi connectivity index (χ2n) is 4.86. The van der Waals surface area contributed by atoms with Crippen molar-refractivity contribution in [2.24, 2.45) is 5.92 Å². The third-order valence-corrected chi connectivity index (χ3v) is 3.39. The predicted molar refractivity (Wildman–Crippen MR) is 80.8 cm³/mol. The number of halogens is 1. The summed E-state index contributed by atoms with van der Waals surface area (Å²) in [7, 11) is 1.54. The molecule has 0 fully saturated rings. The van der Waals surface area contributed by atoms with Gasteiger partial charge in [0.1, 0.15) is 5.75 Å². The minimum absolute atomic E-state index is 0.140. The molecule has 0 aliphatic heterocycles. The number of amides is 1. The molecule has 0 aliphatic rings. The van der Waals surface area contributed by atoms with Crippen LogP contribution in [0.1, 0.15) is 25.3 Å². The fourth-order valence-electron chi connectivity index (χ4n) is 1.88. The molecule has 6 heteroatoms. The lowest BCUT2D eigenvalue weighted by Crippen LogP contribution is -2.26. The molecule has 0 aliphatic carbocycles. The zero-order valence-corrected chi connectivity index (χ0v) is 12.9. The van der Waals surface area contributed by atoms with Crippen LogP contribution >= 0.6 is 11.6 Å². The van der Waals surface area contributed by atoms with E-state index in [0.717, 1.165) is 5.56 Å². The second kappa shape index (κ2) is 8.52. The molecular formula is C15H20ClNO4. The normalized spacial score (nSPS) is 11.8. The number of carbonyl (C=O) groups is 2. The van der Waals surface area contributed by atoms with E-state index in [1.165, 1.54) is 7.11 Å². The van der Waals surface area contributed by atoms with Gasteiger partial charge in [0.05, 0.1) is 19.4 Å². The smallest absolute Gasteiger partial charge is 0.306 e. The average Bonchev–Trinajstić information content (AvgIpc) is 2.43. The summed E-state index contributed by atoms with van der Waals surface area (Å²) in [5, 5.41) is 12.1. The maximum absolute atomic E-state index is 11.8. The summed E-state index contributed by atoms with van der Waals surface area (Å²) < 4.78 is 5.18. The molecular weight excluding hydrogens is 294 g/mol. The Morgan fingerprint density at radius 1 is 1.43 bits per heavy atom. The van der Waals surface area contributed by atoms with Gasteiger partial charge in [-0.2, -0.15) is 0 Å². The monoisotopic (exact) mass is 313 g/mol. The average molecular weight is 314 g/mol. The van der Waals surface area contributed by atoms with Crippen LogP contribution in [0.4, 0.5) is 0 Å². The van der Waals surface area contributed by atoms with E-state index in [1.54, 1.807) is 25.1 Å². The molecule has 1 atom stereocenters. The van der Waals surface area contributed by atoms with Gasteiger partial charge in [-0.3, -0.25) is 9.59 Å². The van der Waals surface area contributed by atoms with Crippen molar-refractivity contribution in [1.82, 2.24) is 5.32 Å². The summed E-state index contributed by atoms with van der Waals surface area (Å²) in [5.41, 5.74) is 0.724. The van der Waals surface area contributed by atoms with Crippen LogP contribution in [0.2, 0.25) is 5.02 Å². The van der Waals surface area contributed by atoms with E-state index < -0.39 is 11.9 Å². The van der Waals surface area contributed by atoms with E-state index in [4.69, 9.17) is 21.4 Å². The highest BCUT2D eigenvalue weighted by atomic mass is 35.5. The van der Waals surface area contributed by atoms with Crippen molar-refractivity contribution in [3.05, 3.63) is 28.8 Å². The number of aliphatic carboxylic acids is 1. The lowest BCUT2D eigenvalue weighted by atomic mass is 10.1. The minimum Gasteiger partial charge on any atom is -0.496 e. The van der Waals surface area contributed by atoms with Crippen LogP contribution in [-0.4, -0.2) is 30.6 Å². The molecule has 0 bridgehead atoms. The quantitative estimate of drug-likeness (QED) is 0.723. The SMILES string of the molecule is COc1ccc(Cl)cc1CC(=O)NCCCC(C)C(=O)O. The maximum Gasteiger partial charge on any atom is 0.306 e. The van der Waals surface area contributed by atoms with Crippen LogP contribution in [0, 0.1) is 5.92 Å². The molecule has 0 saturated heterocycles. The Morgan fingerprint density at radius 3 is 2.76 bits per heavy atom. The van der Waals surface area contributed by atoms with E-state index in [2.05, 4.69) is 5.32 Å². The Hall–Kier alpha value is -1.75. The summed E-state index contributed by atoms with van der Waals surface area (Å²) in [6, 6.07) is 5.13. The Morgan fingerprint density at radius 2 is 2.14 bits per heavy atom. The minimum atomic E-state index is -0.815. The Bertz CT molecular complexity index is 504. The van der Waals surface area contributed by atoms with Gasteiger partial charge in [-0.25, -0.2) is 0 Å². The molecule has 0 heterocycles. The van der Waals surface area contributed by atoms with E-state index >= 15 is 0 Å². The van der Waals surface area contributed by atoms with Crippen molar-refractivity contribution in [2.75, 3.05) is 13.7 Å². The number of carboxylic acids is 1. The Kier molecular flexibility index (Phi) is 7.02. The summed E-state index contributed by atoms with van der Waals surface area (Å²) in [6.07, 6.45) is 1.35. The fourth-order valence-corrected chi connectivity index (χ4v) is 2.08. The zero-order valence-electron chi connectivity index (χ0n) is 12.2. The van der Waals surface area contributed by atoms with E-state index in [-0.39, 0.29) is 12.3 Å². The molecule has 2 N–H and O–H groups in total. The van der Waals surface area contributed by atoms with Crippen LogP contribution in [0.25, 0.3) is 0 Å². The maximum atomic E-state index is 11.8. The molecule has 1 unspecified atom stereocenters. The first-order valence-corrected chi connectivity index (χ1v) is 7.13. The molecule has 21 heavy (non-hydrogen) atoms. The number of ether oxygens (including phenoxy) is 1. The van der Waals surface area contributed by atoms with Crippen LogP contribution in [0.15, 0.2) is 18.2 Å². The van der Waals surface area contributed by atoms with Crippen molar-refractivity contribution in [3.63, 3.8) is 0 Å². The molecule has 1 aromatic rings. The summed E-state index contributed by atoms with van der Waals surface area (Å²) in [6.45, 7) is 2.11. The standard InChI is InChI=1S/C15H20ClNO4/c1-10(15(19)20)4-3-7-17-14(18)9-11-8-12(16)5-6-13(11)21-2/h5-6,8,10H,3-4,7,9H2,1-2H3,(H,17,18)(H,19,20). The Balaban J connectivity index is 2.40. The third-order valence-electron chi connectivity index (χ3n) is 3.15. The first-order valence-electron chi connectivity index (χ1n) is 6.76. The topological polar surface area (TPSA) is 75.6 Å². The van der Waals surface area contributed by atoms with E-state index in [1.807, 2.05) is 0 Å². The van der Waals surface area contributed by atoms with Crippen LogP contribution in [0.5, 0.6) is 5.75 Å². The van der Waals surface area contributed by atoms with Crippen molar-refractivity contribution in [3.8, 4) is 5.75 Å². The van der Waals surface area contributed by atoms with Crippen molar-refractivity contribution >= 4 is 23.5 Å². The first kappa shape index (κ1) is 17.3. The largest absolute Gasteiger partial charge is 0.496 e. The highest BCUT2D eigenvalue weighted by Gasteiger charge is 2.11. The third kappa shape index (κ3) is 6.04. The molecule has 0 spiro atoms. The molecule has 0 saturated carbocycles. The summed E-state index contributed by atoms with van der Waals surface area (Å²) >= 11 is 5.91. The first-order chi connectivity index (χ1) is 9.93. The van der Waals surface area contributed by atoms with Crippen LogP contribution in [0.3, 0.4) is 0 Å². The lowest BCUT2D eigenvalue weighted by Gasteiger charge is -2.10. The molecule has 5 nitrogen and oxygen atoms in total. The summed E-state index contributed by atoms with van der Waals surface area (Å²) in [4.78, 5) is 22.5. The molecule has 0 aromatic heterocycles. The molecule has 116 valence electrons. The van der Waals surface area contributed by atoms with Gasteiger partial charge in [0.15, 0.2) is 0 Å². The summed E-state index contributed by atoms with van der Waals surface area (Å²) in [5.74, 6) is -0.729. The number of benzene rings is 1. The van der Waals surface area contributed by atoms with E-state index in [0.29, 0.717) is 30.2 Å². The lowest BCUT2D eigenvalue weighted by molar-refractivity contribution is -0.141. The van der Waals surface area contributed by atoms with Crippen molar-refractivity contribution in [2.45, 2.75) is 26.2 Å². The number of carboxylic acid groups (broad SMARTS) is 1. The predicted octanol–water partition coefficient (Wildman–Crippen LogP) is 2.51. The van der Waals surface area contributed by atoms with E-state index in [9.17, 15) is 9.59 Å². The zero-order chi connectivity index (χ0) is 15.8. The number of methoxy groups -OCH3 is 1. The van der Waals surface area contributed by atoms with Crippen molar-refractivity contribution in [1.29, 1.82) is 0 Å². The fraction of sp³-hybridized carbons (Fsp3) is 0.467. The van der Waals surface area contributed by atoms with Gasteiger partial charge in [-0.1, -0.05) is 18.5 Å². The number of rotatable bonds is 8.